The van der Waals surface area contributed by atoms with Crippen molar-refractivity contribution < 1.29 is 10.0 Å². The molecule has 1 saturated carbocycles. The van der Waals surface area contributed by atoms with E-state index in [0.717, 1.165) is 18.4 Å². The molecule has 1 aromatic carbocycles. The number of nitro groups is 1. The third-order valence-corrected chi connectivity index (χ3v) is 2.84. The Hall–Kier alpha value is -1.62. The lowest BCUT2D eigenvalue weighted by Crippen LogP contribution is -2.25. The van der Waals surface area contributed by atoms with E-state index in [0.29, 0.717) is 5.69 Å². The molecule has 0 aliphatic heterocycles. The summed E-state index contributed by atoms with van der Waals surface area (Å²) in [5, 5.41) is 23.0. The highest BCUT2D eigenvalue weighted by atomic mass is 16.6. The number of benzene rings is 1. The molecule has 0 saturated heterocycles. The van der Waals surface area contributed by atoms with Crippen molar-refractivity contribution in [3.8, 4) is 0 Å². The highest BCUT2D eigenvalue weighted by Gasteiger charge is 2.42. The summed E-state index contributed by atoms with van der Waals surface area (Å²) < 4.78 is 0. The second-order valence-corrected chi connectivity index (χ2v) is 4.38. The summed E-state index contributed by atoms with van der Waals surface area (Å²) in [5.41, 5.74) is 1.38. The van der Waals surface area contributed by atoms with Crippen LogP contribution in [0.1, 0.15) is 18.4 Å². The van der Waals surface area contributed by atoms with Crippen LogP contribution in [0.3, 0.4) is 0 Å². The number of hydrogen-bond donors (Lipinski definition) is 2. The zero-order chi connectivity index (χ0) is 11.8. The fourth-order valence-corrected chi connectivity index (χ4v) is 1.72. The van der Waals surface area contributed by atoms with E-state index in [2.05, 4.69) is 5.32 Å². The molecule has 86 valence electrons. The summed E-state index contributed by atoms with van der Waals surface area (Å²) in [7, 11) is 0. The molecule has 0 atom stereocenters. The van der Waals surface area contributed by atoms with Gasteiger partial charge in [0.15, 0.2) is 0 Å². The maximum Gasteiger partial charge on any atom is 0.271 e. The summed E-state index contributed by atoms with van der Waals surface area (Å²) in [5.74, 6) is 0. The lowest BCUT2D eigenvalue weighted by atomic mass is 10.1. The molecule has 1 aromatic rings. The number of aliphatic hydroxyl groups is 1. The van der Waals surface area contributed by atoms with Gasteiger partial charge in [-0.15, -0.1) is 0 Å². The fraction of sp³-hybridized carbons (Fsp3) is 0.455. The van der Waals surface area contributed by atoms with Gasteiger partial charge in [0.25, 0.3) is 5.69 Å². The lowest BCUT2D eigenvalue weighted by Gasteiger charge is -2.16. The largest absolute Gasteiger partial charge is 0.394 e. The summed E-state index contributed by atoms with van der Waals surface area (Å²) in [6, 6.07) is 4.88. The van der Waals surface area contributed by atoms with E-state index >= 15 is 0 Å². The quantitative estimate of drug-likeness (QED) is 0.602. The van der Waals surface area contributed by atoms with E-state index in [1.54, 1.807) is 0 Å². The Kier molecular flexibility index (Phi) is 2.55. The van der Waals surface area contributed by atoms with Gasteiger partial charge in [-0.1, -0.05) is 0 Å². The van der Waals surface area contributed by atoms with Crippen molar-refractivity contribution >= 4 is 11.4 Å². The van der Waals surface area contributed by atoms with Crippen molar-refractivity contribution in [1.82, 2.24) is 0 Å². The molecule has 0 bridgehead atoms. The Morgan fingerprint density at radius 2 is 2.19 bits per heavy atom. The van der Waals surface area contributed by atoms with Gasteiger partial charge in [-0.3, -0.25) is 10.1 Å². The summed E-state index contributed by atoms with van der Waals surface area (Å²) in [4.78, 5) is 10.3. The predicted octanol–water partition coefficient (Wildman–Crippen LogP) is 1.84. The van der Waals surface area contributed by atoms with Crippen molar-refractivity contribution in [2.45, 2.75) is 25.3 Å². The third-order valence-electron chi connectivity index (χ3n) is 2.84. The Labute approximate surface area is 93.2 Å². The molecular formula is C11H14N2O3. The van der Waals surface area contributed by atoms with Crippen LogP contribution in [-0.2, 0) is 0 Å². The van der Waals surface area contributed by atoms with Crippen LogP contribution >= 0.6 is 0 Å². The number of aryl methyl sites for hydroxylation is 1. The molecule has 2 N–H and O–H groups in total. The SMILES string of the molecule is Cc1cc(NC2(CO)CC2)cc([N+](=O)[O-])c1. The van der Waals surface area contributed by atoms with Gasteiger partial charge < -0.3 is 10.4 Å². The number of nitro benzene ring substituents is 1. The molecule has 0 unspecified atom stereocenters. The van der Waals surface area contributed by atoms with Gasteiger partial charge >= 0.3 is 0 Å². The molecule has 0 heterocycles. The van der Waals surface area contributed by atoms with Crippen molar-refractivity contribution in [2.24, 2.45) is 0 Å². The van der Waals surface area contributed by atoms with Crippen molar-refractivity contribution in [2.75, 3.05) is 11.9 Å². The number of nitrogens with one attached hydrogen (secondary N) is 1. The van der Waals surface area contributed by atoms with E-state index in [1.165, 1.54) is 12.1 Å². The molecule has 5 heteroatoms. The van der Waals surface area contributed by atoms with Gasteiger partial charge in [-0.05, 0) is 31.4 Å². The topological polar surface area (TPSA) is 75.4 Å². The van der Waals surface area contributed by atoms with E-state index in [4.69, 9.17) is 5.11 Å². The molecule has 1 aliphatic rings. The first-order valence-electron chi connectivity index (χ1n) is 5.20. The third kappa shape index (κ3) is 2.14. The zero-order valence-corrected chi connectivity index (χ0v) is 9.06. The standard InChI is InChI=1S/C11H14N2O3/c1-8-4-9(6-10(5-8)13(15)16)12-11(7-14)2-3-11/h4-6,12,14H,2-3,7H2,1H3. The first kappa shape index (κ1) is 10.9. The Morgan fingerprint density at radius 3 is 2.69 bits per heavy atom. The van der Waals surface area contributed by atoms with Crippen molar-refractivity contribution in [3.63, 3.8) is 0 Å². The van der Waals surface area contributed by atoms with Crippen LogP contribution in [0.2, 0.25) is 0 Å². The minimum atomic E-state index is -0.406. The van der Waals surface area contributed by atoms with Gasteiger partial charge in [0.2, 0.25) is 0 Å². The number of rotatable bonds is 4. The Morgan fingerprint density at radius 1 is 1.50 bits per heavy atom. The maximum atomic E-state index is 10.7. The van der Waals surface area contributed by atoms with Crippen LogP contribution in [0.5, 0.6) is 0 Å². The van der Waals surface area contributed by atoms with Crippen LogP contribution in [-0.4, -0.2) is 22.2 Å². The maximum absolute atomic E-state index is 10.7. The van der Waals surface area contributed by atoms with Crippen LogP contribution in [0.4, 0.5) is 11.4 Å². The number of hydrogen-bond acceptors (Lipinski definition) is 4. The second-order valence-electron chi connectivity index (χ2n) is 4.38. The van der Waals surface area contributed by atoms with Crippen LogP contribution in [0.15, 0.2) is 18.2 Å². The highest BCUT2D eigenvalue weighted by molar-refractivity contribution is 5.56. The summed E-state index contributed by atoms with van der Waals surface area (Å²) in [6.07, 6.45) is 1.82. The molecule has 0 aromatic heterocycles. The average molecular weight is 222 g/mol. The van der Waals surface area contributed by atoms with Gasteiger partial charge in [0, 0.05) is 17.8 Å². The average Bonchev–Trinajstić information content (AvgIpc) is 2.97. The number of aliphatic hydroxyl groups excluding tert-OH is 1. The number of nitrogens with zero attached hydrogens (tertiary/aromatic N) is 1. The van der Waals surface area contributed by atoms with Gasteiger partial charge in [0.05, 0.1) is 17.1 Å². The Bertz CT molecular complexity index is 427. The fourth-order valence-electron chi connectivity index (χ4n) is 1.72. The van der Waals surface area contributed by atoms with E-state index in [-0.39, 0.29) is 17.8 Å². The normalized spacial score (nSPS) is 16.9. The summed E-state index contributed by atoms with van der Waals surface area (Å²) in [6.45, 7) is 1.88. The molecule has 16 heavy (non-hydrogen) atoms. The number of non-ortho nitro benzene ring substituents is 1. The van der Waals surface area contributed by atoms with Crippen LogP contribution in [0.25, 0.3) is 0 Å². The van der Waals surface area contributed by atoms with Crippen molar-refractivity contribution in [3.05, 3.63) is 33.9 Å². The second kappa shape index (κ2) is 3.75. The molecule has 1 aliphatic carbocycles. The number of anilines is 1. The molecular weight excluding hydrogens is 208 g/mol. The molecule has 0 amide bonds. The molecule has 2 rings (SSSR count). The monoisotopic (exact) mass is 222 g/mol. The molecule has 5 nitrogen and oxygen atoms in total. The lowest BCUT2D eigenvalue weighted by molar-refractivity contribution is -0.384. The first-order chi connectivity index (χ1) is 7.54. The Balaban J connectivity index is 2.24. The first-order valence-corrected chi connectivity index (χ1v) is 5.20. The van der Waals surface area contributed by atoms with E-state index in [9.17, 15) is 10.1 Å². The molecule has 0 radical (unpaired) electrons. The molecule has 1 fully saturated rings. The summed E-state index contributed by atoms with van der Waals surface area (Å²) >= 11 is 0. The van der Waals surface area contributed by atoms with E-state index < -0.39 is 4.92 Å². The van der Waals surface area contributed by atoms with Gasteiger partial charge in [-0.2, -0.15) is 0 Å². The van der Waals surface area contributed by atoms with Gasteiger partial charge in [-0.25, -0.2) is 0 Å². The highest BCUT2D eigenvalue weighted by Crippen LogP contribution is 2.39. The zero-order valence-electron chi connectivity index (χ0n) is 9.06. The van der Waals surface area contributed by atoms with Crippen molar-refractivity contribution in [1.29, 1.82) is 0 Å². The van der Waals surface area contributed by atoms with Crippen LogP contribution in [0, 0.1) is 17.0 Å². The minimum absolute atomic E-state index is 0.0642. The smallest absolute Gasteiger partial charge is 0.271 e. The molecule has 0 spiro atoms. The van der Waals surface area contributed by atoms with Crippen LogP contribution < -0.4 is 5.32 Å². The predicted molar refractivity (Wildman–Crippen MR) is 60.5 cm³/mol. The van der Waals surface area contributed by atoms with Gasteiger partial charge in [0.1, 0.15) is 0 Å². The van der Waals surface area contributed by atoms with E-state index in [1.807, 2.05) is 13.0 Å². The minimum Gasteiger partial charge on any atom is -0.394 e.